The van der Waals surface area contributed by atoms with Crippen molar-refractivity contribution in [2.75, 3.05) is 26.2 Å². The number of likely N-dealkylation sites (tertiary alicyclic amines) is 2. The molecule has 2 rings (SSSR count). The molecule has 0 N–H and O–H groups in total. The van der Waals surface area contributed by atoms with Gasteiger partial charge in [-0.15, -0.1) is 0 Å². The molecule has 0 bridgehead atoms. The molecule has 0 spiro atoms. The third-order valence-corrected chi connectivity index (χ3v) is 4.69. The number of hydrogen-bond donors (Lipinski definition) is 0. The highest BCUT2D eigenvalue weighted by Crippen LogP contribution is 2.22. The van der Waals surface area contributed by atoms with Gasteiger partial charge in [0.1, 0.15) is 0 Å². The van der Waals surface area contributed by atoms with E-state index in [4.69, 9.17) is 0 Å². The fourth-order valence-corrected chi connectivity index (χ4v) is 3.61. The van der Waals surface area contributed by atoms with E-state index in [0.717, 1.165) is 6.17 Å². The van der Waals surface area contributed by atoms with Crippen molar-refractivity contribution in [2.24, 2.45) is 0 Å². The summed E-state index contributed by atoms with van der Waals surface area (Å²) in [5.74, 6) is 0. The van der Waals surface area contributed by atoms with Gasteiger partial charge in [0.05, 0.1) is 6.17 Å². The molecule has 0 aromatic rings. The highest BCUT2D eigenvalue weighted by Gasteiger charge is 2.26. The van der Waals surface area contributed by atoms with Crippen LogP contribution in [0.1, 0.15) is 71.1 Å². The molecule has 2 aliphatic rings. The Morgan fingerprint density at radius 3 is 1.67 bits per heavy atom. The van der Waals surface area contributed by atoms with Crippen LogP contribution in [0.5, 0.6) is 0 Å². The third kappa shape index (κ3) is 4.24. The van der Waals surface area contributed by atoms with E-state index in [9.17, 15) is 0 Å². The van der Waals surface area contributed by atoms with E-state index in [-0.39, 0.29) is 0 Å². The summed E-state index contributed by atoms with van der Waals surface area (Å²) >= 11 is 0. The maximum atomic E-state index is 2.80. The predicted molar refractivity (Wildman–Crippen MR) is 78.8 cm³/mol. The molecule has 2 heteroatoms. The molecule has 2 nitrogen and oxygen atoms in total. The van der Waals surface area contributed by atoms with Crippen molar-refractivity contribution in [1.82, 2.24) is 9.80 Å². The van der Waals surface area contributed by atoms with Crippen molar-refractivity contribution in [1.29, 1.82) is 0 Å². The molecular formula is C16H32N2. The van der Waals surface area contributed by atoms with Crippen LogP contribution in [0.25, 0.3) is 0 Å². The van der Waals surface area contributed by atoms with Crippen molar-refractivity contribution < 1.29 is 0 Å². The van der Waals surface area contributed by atoms with E-state index >= 15 is 0 Å². The normalized spacial score (nSPS) is 23.7. The van der Waals surface area contributed by atoms with E-state index in [0.29, 0.717) is 0 Å². The summed E-state index contributed by atoms with van der Waals surface area (Å²) in [6.07, 6.45) is 15.0. The minimum absolute atomic E-state index is 0.775. The second-order valence-electron chi connectivity index (χ2n) is 6.17. The predicted octanol–water partition coefficient (Wildman–Crippen LogP) is 3.86. The number of unbranched alkanes of at least 4 members (excludes halogenated alkanes) is 2. The molecule has 0 saturated carbocycles. The Bertz CT molecular complexity index is 187. The fourth-order valence-electron chi connectivity index (χ4n) is 3.61. The van der Waals surface area contributed by atoms with Gasteiger partial charge in [-0.25, -0.2) is 0 Å². The zero-order valence-corrected chi connectivity index (χ0v) is 12.4. The summed E-state index contributed by atoms with van der Waals surface area (Å²) in [4.78, 5) is 5.59. The Balaban J connectivity index is 1.87. The Hall–Kier alpha value is -0.0800. The molecule has 18 heavy (non-hydrogen) atoms. The van der Waals surface area contributed by atoms with E-state index in [1.807, 2.05) is 0 Å². The summed E-state index contributed by atoms with van der Waals surface area (Å²) in [6.45, 7) is 7.73. The first-order chi connectivity index (χ1) is 8.92. The SMILES string of the molecule is CCCCCC(N1CCCCC1)N1CCCCC1. The Labute approximate surface area is 114 Å². The van der Waals surface area contributed by atoms with Gasteiger partial charge in [-0.3, -0.25) is 9.80 Å². The number of nitrogens with zero attached hydrogens (tertiary/aromatic N) is 2. The zero-order valence-electron chi connectivity index (χ0n) is 12.4. The highest BCUT2D eigenvalue weighted by atomic mass is 15.4. The molecule has 2 fully saturated rings. The lowest BCUT2D eigenvalue weighted by Gasteiger charge is -2.43. The molecular weight excluding hydrogens is 220 g/mol. The number of hydrogen-bond acceptors (Lipinski definition) is 2. The fraction of sp³-hybridized carbons (Fsp3) is 1.00. The maximum absolute atomic E-state index is 2.80. The van der Waals surface area contributed by atoms with Gasteiger partial charge >= 0.3 is 0 Å². The molecule has 2 aliphatic heterocycles. The topological polar surface area (TPSA) is 6.48 Å². The van der Waals surface area contributed by atoms with Crippen LogP contribution in [0.3, 0.4) is 0 Å². The largest absolute Gasteiger partial charge is 0.288 e. The summed E-state index contributed by atoms with van der Waals surface area (Å²) in [5.41, 5.74) is 0. The van der Waals surface area contributed by atoms with E-state index in [1.54, 1.807) is 0 Å². The summed E-state index contributed by atoms with van der Waals surface area (Å²) in [6, 6.07) is 0. The van der Waals surface area contributed by atoms with Crippen LogP contribution in [0.15, 0.2) is 0 Å². The van der Waals surface area contributed by atoms with Gasteiger partial charge in [-0.2, -0.15) is 0 Å². The van der Waals surface area contributed by atoms with Crippen molar-refractivity contribution in [3.8, 4) is 0 Å². The first-order valence-corrected chi connectivity index (χ1v) is 8.40. The second kappa shape index (κ2) is 8.16. The van der Waals surface area contributed by atoms with Crippen LogP contribution >= 0.6 is 0 Å². The van der Waals surface area contributed by atoms with Crippen LogP contribution < -0.4 is 0 Å². The van der Waals surface area contributed by atoms with Crippen LogP contribution in [-0.2, 0) is 0 Å². The van der Waals surface area contributed by atoms with Gasteiger partial charge in [0.25, 0.3) is 0 Å². The highest BCUT2D eigenvalue weighted by molar-refractivity contribution is 4.78. The van der Waals surface area contributed by atoms with Crippen LogP contribution in [0, 0.1) is 0 Å². The van der Waals surface area contributed by atoms with E-state index in [2.05, 4.69) is 16.7 Å². The lowest BCUT2D eigenvalue weighted by molar-refractivity contribution is 0.0104. The Morgan fingerprint density at radius 1 is 0.722 bits per heavy atom. The van der Waals surface area contributed by atoms with Gasteiger partial charge in [-0.1, -0.05) is 39.0 Å². The van der Waals surface area contributed by atoms with Gasteiger partial charge in [0, 0.05) is 0 Å². The van der Waals surface area contributed by atoms with Crippen molar-refractivity contribution in [2.45, 2.75) is 77.3 Å². The first-order valence-electron chi connectivity index (χ1n) is 8.40. The number of piperidine rings is 2. The maximum Gasteiger partial charge on any atom is 0.0622 e. The zero-order chi connectivity index (χ0) is 12.6. The monoisotopic (exact) mass is 252 g/mol. The van der Waals surface area contributed by atoms with Crippen LogP contribution in [0.4, 0.5) is 0 Å². The molecule has 2 saturated heterocycles. The third-order valence-electron chi connectivity index (χ3n) is 4.69. The molecule has 0 aromatic heterocycles. The number of rotatable bonds is 6. The van der Waals surface area contributed by atoms with Gasteiger partial charge in [-0.05, 0) is 58.3 Å². The van der Waals surface area contributed by atoms with Gasteiger partial charge in [0.15, 0.2) is 0 Å². The molecule has 0 aliphatic carbocycles. The lowest BCUT2D eigenvalue weighted by atomic mass is 10.0. The minimum atomic E-state index is 0.775. The summed E-state index contributed by atoms with van der Waals surface area (Å²) < 4.78 is 0. The molecule has 0 aromatic carbocycles. The molecule has 0 atom stereocenters. The molecule has 106 valence electrons. The lowest BCUT2D eigenvalue weighted by Crippen LogP contribution is -2.51. The van der Waals surface area contributed by atoms with Crippen LogP contribution in [-0.4, -0.2) is 42.1 Å². The van der Waals surface area contributed by atoms with Crippen molar-refractivity contribution in [3.63, 3.8) is 0 Å². The van der Waals surface area contributed by atoms with E-state index in [1.165, 1.54) is 90.4 Å². The average Bonchev–Trinajstić information content (AvgIpc) is 2.46. The molecule has 0 unspecified atom stereocenters. The van der Waals surface area contributed by atoms with Crippen molar-refractivity contribution >= 4 is 0 Å². The summed E-state index contributed by atoms with van der Waals surface area (Å²) in [5, 5.41) is 0. The molecule has 0 radical (unpaired) electrons. The molecule has 2 heterocycles. The Morgan fingerprint density at radius 2 is 1.22 bits per heavy atom. The second-order valence-corrected chi connectivity index (χ2v) is 6.17. The van der Waals surface area contributed by atoms with Crippen molar-refractivity contribution in [3.05, 3.63) is 0 Å². The summed E-state index contributed by atoms with van der Waals surface area (Å²) in [7, 11) is 0. The Kier molecular flexibility index (Phi) is 6.50. The minimum Gasteiger partial charge on any atom is -0.288 e. The average molecular weight is 252 g/mol. The quantitative estimate of drug-likeness (QED) is 0.662. The molecule has 0 amide bonds. The van der Waals surface area contributed by atoms with Gasteiger partial charge in [0.2, 0.25) is 0 Å². The van der Waals surface area contributed by atoms with E-state index < -0.39 is 0 Å². The van der Waals surface area contributed by atoms with Crippen LogP contribution in [0.2, 0.25) is 0 Å². The van der Waals surface area contributed by atoms with Gasteiger partial charge < -0.3 is 0 Å². The standard InChI is InChI=1S/C16H32N2/c1-2-3-6-11-16(17-12-7-4-8-13-17)18-14-9-5-10-15-18/h16H,2-15H2,1H3. The first kappa shape index (κ1) is 14.3. The smallest absolute Gasteiger partial charge is 0.0622 e.